The Morgan fingerprint density at radius 1 is 1.71 bits per heavy atom. The summed E-state index contributed by atoms with van der Waals surface area (Å²) in [6.45, 7) is 2.44. The summed E-state index contributed by atoms with van der Waals surface area (Å²) < 4.78 is 4.95. The molecule has 0 saturated heterocycles. The van der Waals surface area contributed by atoms with Gasteiger partial charge in [0.1, 0.15) is 5.82 Å². The highest BCUT2D eigenvalue weighted by Gasteiger charge is 2.32. The molecule has 1 amide bonds. The summed E-state index contributed by atoms with van der Waals surface area (Å²) in [5.74, 6) is 0.926. The van der Waals surface area contributed by atoms with Gasteiger partial charge in [-0.25, -0.2) is 4.79 Å². The van der Waals surface area contributed by atoms with Gasteiger partial charge < -0.3 is 15.8 Å². The Hall–Kier alpha value is -1.72. The average molecular weight is 238 g/mol. The lowest BCUT2D eigenvalue weighted by atomic mass is 9.78. The quantitative estimate of drug-likeness (QED) is 0.738. The molecular weight excluding hydrogens is 220 g/mol. The fraction of sp³-hybridized carbons (Fsp3) is 0.636. The van der Waals surface area contributed by atoms with Crippen molar-refractivity contribution in [2.75, 3.05) is 12.3 Å². The van der Waals surface area contributed by atoms with Crippen molar-refractivity contribution in [2.45, 2.75) is 38.1 Å². The Labute approximate surface area is 99.9 Å². The summed E-state index contributed by atoms with van der Waals surface area (Å²) in [5, 5.41) is 9.61. The van der Waals surface area contributed by atoms with Crippen LogP contribution < -0.4 is 11.1 Å². The number of hydrogen-bond donors (Lipinski definition) is 3. The molecule has 17 heavy (non-hydrogen) atoms. The van der Waals surface area contributed by atoms with E-state index in [0.717, 1.165) is 25.0 Å². The molecule has 1 saturated carbocycles. The molecule has 6 heteroatoms. The van der Waals surface area contributed by atoms with E-state index in [1.54, 1.807) is 0 Å². The van der Waals surface area contributed by atoms with Gasteiger partial charge in [-0.15, -0.1) is 0 Å². The fourth-order valence-electron chi connectivity index (χ4n) is 1.95. The van der Waals surface area contributed by atoms with Crippen molar-refractivity contribution in [2.24, 2.45) is 0 Å². The Balaban J connectivity index is 1.70. The molecule has 0 atom stereocenters. The highest BCUT2D eigenvalue weighted by molar-refractivity contribution is 5.67. The number of nitrogens with two attached hydrogens (primary N) is 1. The lowest BCUT2D eigenvalue weighted by Crippen LogP contribution is -2.43. The average Bonchev–Trinajstić information content (AvgIpc) is 2.66. The first-order chi connectivity index (χ1) is 8.19. The summed E-state index contributed by atoms with van der Waals surface area (Å²) in [7, 11) is 0. The lowest BCUT2D eigenvalue weighted by Gasteiger charge is -2.34. The first-order valence-electron chi connectivity index (χ1n) is 5.93. The van der Waals surface area contributed by atoms with Crippen LogP contribution in [0.1, 0.15) is 37.8 Å². The minimum atomic E-state index is -0.320. The molecule has 1 aliphatic carbocycles. The van der Waals surface area contributed by atoms with Crippen LogP contribution in [0.3, 0.4) is 0 Å². The molecule has 6 nitrogen and oxygen atoms in total. The van der Waals surface area contributed by atoms with Crippen LogP contribution in [0.4, 0.5) is 10.6 Å². The van der Waals surface area contributed by atoms with Crippen LogP contribution in [0.15, 0.2) is 6.07 Å². The van der Waals surface area contributed by atoms with Gasteiger partial charge in [-0.1, -0.05) is 6.92 Å². The number of nitrogens with zero attached hydrogens (tertiary/aromatic N) is 1. The summed E-state index contributed by atoms with van der Waals surface area (Å²) in [5.41, 5.74) is 6.58. The number of alkyl carbamates (subject to hydrolysis) is 1. The summed E-state index contributed by atoms with van der Waals surface area (Å²) in [6.07, 6.45) is 2.33. The Kier molecular flexibility index (Phi) is 3.51. The number of carbonyl (C=O) groups excluding carboxylic acids is 1. The van der Waals surface area contributed by atoms with Crippen LogP contribution in [0, 0.1) is 0 Å². The van der Waals surface area contributed by atoms with E-state index in [1.165, 1.54) is 0 Å². The first kappa shape index (κ1) is 11.8. The third kappa shape index (κ3) is 2.89. The van der Waals surface area contributed by atoms with Gasteiger partial charge in [-0.3, -0.25) is 5.10 Å². The van der Waals surface area contributed by atoms with E-state index in [-0.39, 0.29) is 12.1 Å². The van der Waals surface area contributed by atoms with Crippen molar-refractivity contribution in [3.63, 3.8) is 0 Å². The maximum atomic E-state index is 11.3. The Bertz CT molecular complexity index is 385. The molecule has 0 aromatic carbocycles. The van der Waals surface area contributed by atoms with Crippen molar-refractivity contribution in [1.82, 2.24) is 15.5 Å². The van der Waals surface area contributed by atoms with Crippen LogP contribution in [-0.4, -0.2) is 28.9 Å². The Morgan fingerprint density at radius 2 is 2.47 bits per heavy atom. The third-order valence-corrected chi connectivity index (χ3v) is 2.95. The third-order valence-electron chi connectivity index (χ3n) is 2.95. The highest BCUT2D eigenvalue weighted by atomic mass is 16.5. The highest BCUT2D eigenvalue weighted by Crippen LogP contribution is 2.36. The van der Waals surface area contributed by atoms with E-state index in [9.17, 15) is 4.79 Å². The molecular formula is C11H18N4O2. The molecule has 1 heterocycles. The van der Waals surface area contributed by atoms with Crippen LogP contribution in [0.2, 0.25) is 0 Å². The number of nitrogen functional groups attached to an aromatic ring is 1. The van der Waals surface area contributed by atoms with Gasteiger partial charge in [0.05, 0.1) is 6.61 Å². The van der Waals surface area contributed by atoms with E-state index in [4.69, 9.17) is 10.5 Å². The van der Waals surface area contributed by atoms with Gasteiger partial charge in [0, 0.05) is 23.7 Å². The number of anilines is 1. The molecule has 0 radical (unpaired) electrons. The molecule has 4 N–H and O–H groups in total. The molecule has 1 aliphatic rings. The molecule has 94 valence electrons. The van der Waals surface area contributed by atoms with Crippen LogP contribution in [-0.2, 0) is 4.74 Å². The number of hydrogen-bond acceptors (Lipinski definition) is 4. The van der Waals surface area contributed by atoms with Crippen molar-refractivity contribution in [1.29, 1.82) is 0 Å². The molecule has 2 rings (SSSR count). The van der Waals surface area contributed by atoms with Gasteiger partial charge in [0.25, 0.3) is 0 Å². The number of H-pyrrole nitrogens is 1. The number of nitrogens with one attached hydrogen (secondary N) is 2. The number of aromatic amines is 1. The topological polar surface area (TPSA) is 93.0 Å². The molecule has 0 unspecified atom stereocenters. The summed E-state index contributed by atoms with van der Waals surface area (Å²) >= 11 is 0. The monoisotopic (exact) mass is 238 g/mol. The predicted molar refractivity (Wildman–Crippen MR) is 63.5 cm³/mol. The minimum absolute atomic E-state index is 0.203. The number of ether oxygens (including phenoxy) is 1. The summed E-state index contributed by atoms with van der Waals surface area (Å²) in [4.78, 5) is 11.3. The number of aromatic nitrogens is 2. The molecule has 0 spiro atoms. The zero-order valence-corrected chi connectivity index (χ0v) is 9.90. The Morgan fingerprint density at radius 3 is 3.06 bits per heavy atom. The molecule has 1 aromatic rings. The van der Waals surface area contributed by atoms with Crippen LogP contribution in [0.5, 0.6) is 0 Å². The fourth-order valence-corrected chi connectivity index (χ4v) is 1.95. The zero-order chi connectivity index (χ0) is 12.3. The van der Waals surface area contributed by atoms with Crippen molar-refractivity contribution < 1.29 is 9.53 Å². The number of amides is 1. The van der Waals surface area contributed by atoms with E-state index in [1.807, 2.05) is 13.0 Å². The second kappa shape index (κ2) is 5.07. The van der Waals surface area contributed by atoms with E-state index in [2.05, 4.69) is 15.5 Å². The van der Waals surface area contributed by atoms with Gasteiger partial charge in [0.2, 0.25) is 0 Å². The van der Waals surface area contributed by atoms with Crippen molar-refractivity contribution >= 4 is 11.9 Å². The van der Waals surface area contributed by atoms with Crippen molar-refractivity contribution in [3.8, 4) is 0 Å². The van der Waals surface area contributed by atoms with Crippen molar-refractivity contribution in [3.05, 3.63) is 11.8 Å². The van der Waals surface area contributed by atoms with E-state index < -0.39 is 0 Å². The molecule has 1 aromatic heterocycles. The first-order valence-corrected chi connectivity index (χ1v) is 5.93. The standard InChI is InChI=1S/C11H18N4O2/c1-2-3-17-11(16)13-8-4-7(5-8)9-6-10(12)15-14-9/h6-8H,2-5H2,1H3,(H,13,16)(H3,12,14,15). The lowest BCUT2D eigenvalue weighted by molar-refractivity contribution is 0.133. The van der Waals surface area contributed by atoms with E-state index >= 15 is 0 Å². The van der Waals surface area contributed by atoms with Gasteiger partial charge in [-0.2, -0.15) is 5.10 Å². The van der Waals surface area contributed by atoms with Gasteiger partial charge >= 0.3 is 6.09 Å². The molecule has 0 bridgehead atoms. The van der Waals surface area contributed by atoms with Gasteiger partial charge in [-0.05, 0) is 19.3 Å². The second-order valence-electron chi connectivity index (χ2n) is 4.39. The number of carbonyl (C=O) groups is 1. The maximum Gasteiger partial charge on any atom is 0.407 e. The second-order valence-corrected chi connectivity index (χ2v) is 4.39. The zero-order valence-electron chi connectivity index (χ0n) is 9.90. The molecule has 1 fully saturated rings. The van der Waals surface area contributed by atoms with Gasteiger partial charge in [0.15, 0.2) is 0 Å². The largest absolute Gasteiger partial charge is 0.450 e. The van der Waals surface area contributed by atoms with Crippen LogP contribution in [0.25, 0.3) is 0 Å². The SMILES string of the molecule is CCCOC(=O)NC1CC(c2cc(N)n[nH]2)C1. The minimum Gasteiger partial charge on any atom is -0.450 e. The van der Waals surface area contributed by atoms with Crippen LogP contribution >= 0.6 is 0 Å². The smallest absolute Gasteiger partial charge is 0.407 e. The normalized spacial score (nSPS) is 22.9. The molecule has 0 aliphatic heterocycles. The predicted octanol–water partition coefficient (Wildman–Crippen LogP) is 1.37. The summed E-state index contributed by atoms with van der Waals surface area (Å²) in [6, 6.07) is 2.05. The number of rotatable bonds is 4. The maximum absolute atomic E-state index is 11.3. The van der Waals surface area contributed by atoms with E-state index in [0.29, 0.717) is 18.3 Å².